The number of para-hydroxylation sites is 1. The molecule has 0 aliphatic heterocycles. The first-order valence-corrected chi connectivity index (χ1v) is 7.98. The third-order valence-corrected chi connectivity index (χ3v) is 4.09. The average Bonchev–Trinajstić information content (AvgIpc) is 3.40. The first-order chi connectivity index (χ1) is 11.1. The first kappa shape index (κ1) is 15.4. The van der Waals surface area contributed by atoms with Crippen LogP contribution in [0.5, 0.6) is 11.5 Å². The van der Waals surface area contributed by atoms with Crippen molar-refractivity contribution in [1.29, 1.82) is 0 Å². The third-order valence-electron chi connectivity index (χ3n) is 4.09. The Morgan fingerprint density at radius 1 is 1.17 bits per heavy atom. The van der Waals surface area contributed by atoms with Crippen LogP contribution in [0.2, 0.25) is 0 Å². The topological polar surface area (TPSA) is 50.9 Å². The SMILES string of the molecule is Cc1ccc(Oc2ccccc2CN=C(N)N(C)C2CC2)cc1. The van der Waals surface area contributed by atoms with Crippen molar-refractivity contribution in [3.05, 3.63) is 59.7 Å². The maximum atomic E-state index is 6.06. The van der Waals surface area contributed by atoms with Gasteiger partial charge < -0.3 is 15.4 Å². The molecule has 0 bridgehead atoms. The monoisotopic (exact) mass is 309 g/mol. The van der Waals surface area contributed by atoms with Crippen LogP contribution in [0.25, 0.3) is 0 Å². The van der Waals surface area contributed by atoms with Crippen molar-refractivity contribution in [3.8, 4) is 11.5 Å². The van der Waals surface area contributed by atoms with E-state index in [0.29, 0.717) is 18.5 Å². The standard InChI is InChI=1S/C19H23N3O/c1-14-7-11-17(12-8-14)23-18-6-4-3-5-15(18)13-21-19(20)22(2)16-9-10-16/h3-8,11-12,16H,9-10,13H2,1-2H3,(H2,20,21). The molecule has 0 unspecified atom stereocenters. The van der Waals surface area contributed by atoms with Crippen molar-refractivity contribution in [2.75, 3.05) is 7.05 Å². The fourth-order valence-corrected chi connectivity index (χ4v) is 2.39. The Bertz CT molecular complexity index is 690. The Balaban J connectivity index is 1.72. The highest BCUT2D eigenvalue weighted by Gasteiger charge is 2.27. The van der Waals surface area contributed by atoms with E-state index in [9.17, 15) is 0 Å². The molecule has 1 fully saturated rings. The Hall–Kier alpha value is -2.49. The van der Waals surface area contributed by atoms with E-state index in [4.69, 9.17) is 10.5 Å². The quantitative estimate of drug-likeness (QED) is 0.677. The lowest BCUT2D eigenvalue weighted by Crippen LogP contribution is -2.35. The molecular weight excluding hydrogens is 286 g/mol. The maximum absolute atomic E-state index is 6.06. The molecule has 3 rings (SSSR count). The number of nitrogens with two attached hydrogens (primary N) is 1. The van der Waals surface area contributed by atoms with Gasteiger partial charge in [0.25, 0.3) is 0 Å². The van der Waals surface area contributed by atoms with Crippen molar-refractivity contribution >= 4 is 5.96 Å². The summed E-state index contributed by atoms with van der Waals surface area (Å²) >= 11 is 0. The summed E-state index contributed by atoms with van der Waals surface area (Å²) in [4.78, 5) is 6.57. The molecule has 0 aromatic heterocycles. The van der Waals surface area contributed by atoms with Gasteiger partial charge in [-0.1, -0.05) is 35.9 Å². The van der Waals surface area contributed by atoms with Gasteiger partial charge in [-0.15, -0.1) is 0 Å². The fourth-order valence-electron chi connectivity index (χ4n) is 2.39. The fraction of sp³-hybridized carbons (Fsp3) is 0.316. The van der Waals surface area contributed by atoms with E-state index in [1.807, 2.05) is 55.6 Å². The van der Waals surface area contributed by atoms with Gasteiger partial charge in [-0.3, -0.25) is 0 Å². The smallest absolute Gasteiger partial charge is 0.191 e. The molecule has 2 aromatic carbocycles. The van der Waals surface area contributed by atoms with Gasteiger partial charge in [0.05, 0.1) is 6.54 Å². The molecule has 0 radical (unpaired) electrons. The van der Waals surface area contributed by atoms with Crippen LogP contribution >= 0.6 is 0 Å². The second kappa shape index (κ2) is 6.73. The van der Waals surface area contributed by atoms with Crippen LogP contribution < -0.4 is 10.5 Å². The number of aryl methyl sites for hydroxylation is 1. The normalized spacial score (nSPS) is 14.6. The molecule has 4 heteroatoms. The highest BCUT2D eigenvalue weighted by atomic mass is 16.5. The van der Waals surface area contributed by atoms with Crippen molar-refractivity contribution in [3.63, 3.8) is 0 Å². The van der Waals surface area contributed by atoms with Gasteiger partial charge in [0.1, 0.15) is 11.5 Å². The molecule has 1 aliphatic carbocycles. The largest absolute Gasteiger partial charge is 0.457 e. The maximum Gasteiger partial charge on any atom is 0.191 e. The van der Waals surface area contributed by atoms with Crippen LogP contribution in [-0.2, 0) is 6.54 Å². The summed E-state index contributed by atoms with van der Waals surface area (Å²) in [6.45, 7) is 2.58. The van der Waals surface area contributed by atoms with Crippen molar-refractivity contribution < 1.29 is 4.74 Å². The molecule has 0 atom stereocenters. The van der Waals surface area contributed by atoms with Crippen molar-refractivity contribution in [2.45, 2.75) is 32.4 Å². The zero-order valence-electron chi connectivity index (χ0n) is 13.7. The number of nitrogens with zero attached hydrogens (tertiary/aromatic N) is 2. The summed E-state index contributed by atoms with van der Waals surface area (Å²) in [5.41, 5.74) is 8.30. The molecule has 120 valence electrons. The van der Waals surface area contributed by atoms with Crippen LogP contribution in [0.15, 0.2) is 53.5 Å². The molecule has 0 amide bonds. The van der Waals surface area contributed by atoms with E-state index < -0.39 is 0 Å². The Morgan fingerprint density at radius 3 is 2.57 bits per heavy atom. The molecule has 2 N–H and O–H groups in total. The van der Waals surface area contributed by atoms with Crippen molar-refractivity contribution in [1.82, 2.24) is 4.90 Å². The van der Waals surface area contributed by atoms with Gasteiger partial charge in [-0.05, 0) is 38.0 Å². The van der Waals surface area contributed by atoms with E-state index in [1.165, 1.54) is 18.4 Å². The highest BCUT2D eigenvalue weighted by molar-refractivity contribution is 5.78. The first-order valence-electron chi connectivity index (χ1n) is 7.98. The minimum absolute atomic E-state index is 0.519. The van der Waals surface area contributed by atoms with Gasteiger partial charge in [-0.2, -0.15) is 0 Å². The lowest BCUT2D eigenvalue weighted by molar-refractivity contribution is 0.474. The third kappa shape index (κ3) is 4.03. The van der Waals surface area contributed by atoms with E-state index in [2.05, 4.69) is 16.8 Å². The number of aliphatic imine (C=N–C) groups is 1. The second-order valence-electron chi connectivity index (χ2n) is 6.04. The zero-order valence-corrected chi connectivity index (χ0v) is 13.7. The Kier molecular flexibility index (Phi) is 4.51. The molecule has 23 heavy (non-hydrogen) atoms. The van der Waals surface area contributed by atoms with Gasteiger partial charge in [0.2, 0.25) is 0 Å². The van der Waals surface area contributed by atoms with Crippen LogP contribution in [0.4, 0.5) is 0 Å². The summed E-state index contributed by atoms with van der Waals surface area (Å²) in [5.74, 6) is 2.25. The van der Waals surface area contributed by atoms with Gasteiger partial charge >= 0.3 is 0 Å². The lowest BCUT2D eigenvalue weighted by atomic mass is 10.2. The predicted octanol–water partition coefficient (Wildman–Crippen LogP) is 3.70. The number of hydrogen-bond acceptors (Lipinski definition) is 2. The summed E-state index contributed by atoms with van der Waals surface area (Å²) in [6, 6.07) is 16.6. The summed E-state index contributed by atoms with van der Waals surface area (Å²) in [7, 11) is 2.01. The van der Waals surface area contributed by atoms with Crippen LogP contribution in [0, 0.1) is 6.92 Å². The second-order valence-corrected chi connectivity index (χ2v) is 6.04. The lowest BCUT2D eigenvalue weighted by Gasteiger charge is -2.17. The van der Waals surface area contributed by atoms with Gasteiger partial charge in [0.15, 0.2) is 5.96 Å². The highest BCUT2D eigenvalue weighted by Crippen LogP contribution is 2.27. The molecule has 0 heterocycles. The molecule has 2 aromatic rings. The van der Waals surface area contributed by atoms with E-state index >= 15 is 0 Å². The predicted molar refractivity (Wildman–Crippen MR) is 93.8 cm³/mol. The van der Waals surface area contributed by atoms with Crippen LogP contribution in [0.1, 0.15) is 24.0 Å². The average molecular weight is 309 g/mol. The minimum Gasteiger partial charge on any atom is -0.457 e. The van der Waals surface area contributed by atoms with Crippen LogP contribution in [-0.4, -0.2) is 23.9 Å². The molecule has 0 saturated heterocycles. The zero-order chi connectivity index (χ0) is 16.2. The van der Waals surface area contributed by atoms with Crippen LogP contribution in [0.3, 0.4) is 0 Å². The van der Waals surface area contributed by atoms with Crippen molar-refractivity contribution in [2.24, 2.45) is 10.7 Å². The summed E-state index contributed by atoms with van der Waals surface area (Å²) in [5, 5.41) is 0. The molecule has 4 nitrogen and oxygen atoms in total. The Labute approximate surface area is 137 Å². The molecule has 0 spiro atoms. The number of rotatable bonds is 5. The number of hydrogen-bond donors (Lipinski definition) is 1. The number of guanidine groups is 1. The molecule has 1 saturated carbocycles. The number of ether oxygens (including phenoxy) is 1. The number of benzene rings is 2. The van der Waals surface area contributed by atoms with E-state index in [0.717, 1.165) is 17.1 Å². The molecular formula is C19H23N3O. The summed E-state index contributed by atoms with van der Waals surface area (Å²) in [6.07, 6.45) is 2.42. The summed E-state index contributed by atoms with van der Waals surface area (Å²) < 4.78 is 5.99. The van der Waals surface area contributed by atoms with E-state index in [-0.39, 0.29) is 0 Å². The van der Waals surface area contributed by atoms with Gasteiger partial charge in [-0.25, -0.2) is 4.99 Å². The molecule has 1 aliphatic rings. The Morgan fingerprint density at radius 2 is 1.87 bits per heavy atom. The van der Waals surface area contributed by atoms with Gasteiger partial charge in [0, 0.05) is 18.7 Å². The minimum atomic E-state index is 0.519. The van der Waals surface area contributed by atoms with E-state index in [1.54, 1.807) is 0 Å².